The van der Waals surface area contributed by atoms with Crippen molar-refractivity contribution in [2.24, 2.45) is 0 Å². The summed E-state index contributed by atoms with van der Waals surface area (Å²) < 4.78 is 63.9. The second-order valence-electron chi connectivity index (χ2n) is 4.32. The van der Waals surface area contributed by atoms with Crippen molar-refractivity contribution in [3.8, 4) is 0 Å². The highest BCUT2D eigenvalue weighted by Gasteiger charge is 2.37. The maximum atomic E-state index is 12.7. The van der Waals surface area contributed by atoms with E-state index in [2.05, 4.69) is 0 Å². The number of fused-ring (bicyclic) bond motifs is 1. The zero-order chi connectivity index (χ0) is 15.3. The average molecular weight is 331 g/mol. The van der Waals surface area contributed by atoms with Crippen LogP contribution in [0.25, 0.3) is 0 Å². The van der Waals surface area contributed by atoms with Crippen molar-refractivity contribution in [2.75, 3.05) is 3.71 Å². The van der Waals surface area contributed by atoms with Crippen molar-refractivity contribution in [1.29, 1.82) is 0 Å². The van der Waals surface area contributed by atoms with Crippen LogP contribution in [0.4, 0.5) is 18.9 Å². The van der Waals surface area contributed by atoms with Crippen LogP contribution in [0, 0.1) is 0 Å². The fourth-order valence-electron chi connectivity index (χ4n) is 1.95. The fraction of sp³-hybridized carbons (Fsp3) is 0.0769. The lowest BCUT2D eigenvalue weighted by atomic mass is 10.2. The number of halogens is 3. The molecule has 0 aliphatic carbocycles. The summed E-state index contributed by atoms with van der Waals surface area (Å²) in [6.07, 6.45) is -4.52. The van der Waals surface area contributed by atoms with Gasteiger partial charge >= 0.3 is 6.18 Å². The van der Waals surface area contributed by atoms with Gasteiger partial charge < -0.3 is 0 Å². The molecule has 3 rings (SSSR count). The topological polar surface area (TPSA) is 37.4 Å². The molecule has 1 heterocycles. The lowest BCUT2D eigenvalue weighted by Gasteiger charge is -2.16. The zero-order valence-electron chi connectivity index (χ0n) is 10.3. The molecule has 2 aromatic rings. The number of rotatable bonds is 1. The van der Waals surface area contributed by atoms with Crippen LogP contribution in [-0.2, 0) is 16.2 Å². The van der Waals surface area contributed by atoms with Gasteiger partial charge in [0.2, 0.25) is 0 Å². The monoisotopic (exact) mass is 331 g/mol. The number of sulfonamides is 1. The van der Waals surface area contributed by atoms with Crippen LogP contribution in [0.2, 0.25) is 0 Å². The molecule has 0 spiro atoms. The molecule has 0 amide bonds. The standard InChI is InChI=1S/C13H8F3NO2S2/c14-13(15,16)9-4-3-5-10(8-9)17-20-11-6-1-2-7-12(11)21(17,18)19/h1-8H. The van der Waals surface area contributed by atoms with Crippen molar-refractivity contribution < 1.29 is 21.6 Å². The zero-order valence-corrected chi connectivity index (χ0v) is 12.0. The van der Waals surface area contributed by atoms with Crippen molar-refractivity contribution in [1.82, 2.24) is 0 Å². The number of anilines is 1. The van der Waals surface area contributed by atoms with Gasteiger partial charge in [-0.25, -0.2) is 12.1 Å². The minimum Gasteiger partial charge on any atom is -0.203 e. The molecule has 1 aliphatic heterocycles. The summed E-state index contributed by atoms with van der Waals surface area (Å²) in [6, 6.07) is 10.6. The van der Waals surface area contributed by atoms with E-state index in [1.165, 1.54) is 18.2 Å². The molecule has 0 unspecified atom stereocenters. The molecule has 8 heteroatoms. The first kappa shape index (κ1) is 14.3. The molecule has 110 valence electrons. The summed E-state index contributed by atoms with van der Waals surface area (Å²) in [5, 5.41) is 0. The van der Waals surface area contributed by atoms with E-state index < -0.39 is 21.8 Å². The highest BCUT2D eigenvalue weighted by molar-refractivity contribution is 8.17. The number of benzene rings is 2. The fourth-order valence-corrected chi connectivity index (χ4v) is 5.09. The van der Waals surface area contributed by atoms with E-state index in [1.54, 1.807) is 18.2 Å². The molecule has 0 bridgehead atoms. The molecule has 1 aliphatic rings. The predicted molar refractivity (Wildman–Crippen MR) is 73.4 cm³/mol. The Morgan fingerprint density at radius 2 is 1.71 bits per heavy atom. The summed E-state index contributed by atoms with van der Waals surface area (Å²) in [6.45, 7) is 0. The Morgan fingerprint density at radius 1 is 1.00 bits per heavy atom. The second-order valence-corrected chi connectivity index (χ2v) is 7.29. The van der Waals surface area contributed by atoms with Crippen LogP contribution in [0.3, 0.4) is 0 Å². The quantitative estimate of drug-likeness (QED) is 0.743. The van der Waals surface area contributed by atoms with Crippen LogP contribution in [0.15, 0.2) is 58.3 Å². The minimum atomic E-state index is -4.52. The first-order chi connectivity index (χ1) is 9.80. The van der Waals surface area contributed by atoms with Crippen molar-refractivity contribution in [2.45, 2.75) is 16.0 Å². The first-order valence-corrected chi connectivity index (χ1v) is 8.01. The molecule has 0 aromatic heterocycles. The maximum absolute atomic E-state index is 12.7. The van der Waals surface area contributed by atoms with Crippen molar-refractivity contribution in [3.05, 3.63) is 54.1 Å². The van der Waals surface area contributed by atoms with E-state index in [1.807, 2.05) is 0 Å². The first-order valence-electron chi connectivity index (χ1n) is 5.80. The van der Waals surface area contributed by atoms with Crippen LogP contribution >= 0.6 is 11.9 Å². The molecular formula is C13H8F3NO2S2. The van der Waals surface area contributed by atoms with E-state index in [0.717, 1.165) is 27.8 Å². The third kappa shape index (κ3) is 2.38. The maximum Gasteiger partial charge on any atom is 0.416 e. The third-order valence-electron chi connectivity index (χ3n) is 2.91. The molecule has 0 fully saturated rings. The van der Waals surface area contributed by atoms with Gasteiger partial charge in [0.15, 0.2) is 0 Å². The SMILES string of the molecule is O=S1(=O)c2ccccc2SN1c1cccc(C(F)(F)F)c1. The lowest BCUT2D eigenvalue weighted by Crippen LogP contribution is -2.19. The molecule has 0 N–H and O–H groups in total. The van der Waals surface area contributed by atoms with Crippen LogP contribution in [-0.4, -0.2) is 8.42 Å². The summed E-state index contributed by atoms with van der Waals surface area (Å²) in [5.74, 6) is 0. The smallest absolute Gasteiger partial charge is 0.203 e. The van der Waals surface area contributed by atoms with Crippen molar-refractivity contribution in [3.63, 3.8) is 0 Å². The average Bonchev–Trinajstić information content (AvgIpc) is 2.70. The van der Waals surface area contributed by atoms with E-state index >= 15 is 0 Å². The van der Waals surface area contributed by atoms with Crippen LogP contribution in [0.5, 0.6) is 0 Å². The highest BCUT2D eigenvalue weighted by atomic mass is 32.3. The Bertz CT molecular complexity index is 803. The Hall–Kier alpha value is -1.67. The minimum absolute atomic E-state index is 0.0222. The molecular weight excluding hydrogens is 323 g/mol. The molecule has 2 aromatic carbocycles. The Labute approximate surface area is 123 Å². The summed E-state index contributed by atoms with van der Waals surface area (Å²) in [4.78, 5) is 0.599. The van der Waals surface area contributed by atoms with E-state index in [0.29, 0.717) is 4.90 Å². The normalized spacial score (nSPS) is 16.8. The van der Waals surface area contributed by atoms with Gasteiger partial charge in [-0.05, 0) is 30.3 Å². The van der Waals surface area contributed by atoms with Gasteiger partial charge in [0.1, 0.15) is 4.90 Å². The Kier molecular flexibility index (Phi) is 3.18. The van der Waals surface area contributed by atoms with Gasteiger partial charge in [0.05, 0.1) is 16.1 Å². The van der Waals surface area contributed by atoms with Gasteiger partial charge in [0, 0.05) is 11.9 Å². The Balaban J connectivity index is 2.08. The summed E-state index contributed by atoms with van der Waals surface area (Å²) >= 11 is 0.894. The number of hydrogen-bond acceptors (Lipinski definition) is 3. The molecule has 3 nitrogen and oxygen atoms in total. The van der Waals surface area contributed by atoms with Gasteiger partial charge in [-0.15, -0.1) is 0 Å². The van der Waals surface area contributed by atoms with Crippen molar-refractivity contribution >= 4 is 27.7 Å². The van der Waals surface area contributed by atoms with Crippen LogP contribution < -0.4 is 3.71 Å². The molecule has 21 heavy (non-hydrogen) atoms. The summed E-state index contributed by atoms with van der Waals surface area (Å²) in [7, 11) is -3.83. The van der Waals surface area contributed by atoms with Gasteiger partial charge in [-0.3, -0.25) is 0 Å². The van der Waals surface area contributed by atoms with E-state index in [9.17, 15) is 21.6 Å². The van der Waals surface area contributed by atoms with E-state index in [-0.39, 0.29) is 10.6 Å². The largest absolute Gasteiger partial charge is 0.416 e. The van der Waals surface area contributed by atoms with E-state index in [4.69, 9.17) is 0 Å². The van der Waals surface area contributed by atoms with Gasteiger partial charge in [-0.1, -0.05) is 18.2 Å². The molecule has 0 radical (unpaired) electrons. The second kappa shape index (κ2) is 4.67. The third-order valence-corrected chi connectivity index (χ3v) is 6.34. The highest BCUT2D eigenvalue weighted by Crippen LogP contribution is 2.45. The Morgan fingerprint density at radius 3 is 2.38 bits per heavy atom. The molecule has 0 saturated carbocycles. The number of hydrogen-bond donors (Lipinski definition) is 0. The molecule has 0 saturated heterocycles. The predicted octanol–water partition coefficient (Wildman–Crippen LogP) is 3.92. The lowest BCUT2D eigenvalue weighted by molar-refractivity contribution is -0.137. The summed E-state index contributed by atoms with van der Waals surface area (Å²) in [5.41, 5.74) is -0.905. The van der Waals surface area contributed by atoms with Gasteiger partial charge in [-0.2, -0.15) is 13.2 Å². The van der Waals surface area contributed by atoms with Gasteiger partial charge in [0.25, 0.3) is 10.0 Å². The number of nitrogens with zero attached hydrogens (tertiary/aromatic N) is 1. The van der Waals surface area contributed by atoms with Crippen LogP contribution in [0.1, 0.15) is 5.56 Å². The number of alkyl halides is 3. The molecule has 0 atom stereocenters.